The highest BCUT2D eigenvalue weighted by Crippen LogP contribution is 2.39. The first-order valence-electron chi connectivity index (χ1n) is 5.54. The van der Waals surface area contributed by atoms with Crippen molar-refractivity contribution < 1.29 is 19.1 Å². The van der Waals surface area contributed by atoms with Crippen LogP contribution in [0.4, 0.5) is 0 Å². The molecule has 0 aromatic heterocycles. The van der Waals surface area contributed by atoms with E-state index in [-0.39, 0.29) is 0 Å². The fourth-order valence-corrected chi connectivity index (χ4v) is 2.57. The third-order valence-electron chi connectivity index (χ3n) is 2.52. The van der Waals surface area contributed by atoms with Gasteiger partial charge in [0.05, 0.1) is 0 Å². The maximum Gasteiger partial charge on any atom is 0.337 e. The maximum absolute atomic E-state index is 12.0. The minimum atomic E-state index is -1.35. The van der Waals surface area contributed by atoms with Gasteiger partial charge in [-0.25, -0.2) is 9.59 Å². The van der Waals surface area contributed by atoms with Crippen molar-refractivity contribution in [2.45, 2.75) is 36.2 Å². The van der Waals surface area contributed by atoms with Crippen LogP contribution in [0.2, 0.25) is 0 Å². The van der Waals surface area contributed by atoms with Gasteiger partial charge in [0, 0.05) is 18.7 Å². The molecule has 0 atom stereocenters. The van der Waals surface area contributed by atoms with E-state index in [2.05, 4.69) is 0 Å². The summed E-state index contributed by atoms with van der Waals surface area (Å²) in [5.74, 6) is -2.33. The normalized spacial score (nSPS) is 21.1. The molecule has 0 unspecified atom stereocenters. The standard InChI is InChI=1S/C13H14O4S/c1-12(2)16-10(14)13(3,11(15)17-12)18-9-7-5-4-6-8-9/h4-8H,1-3H3. The zero-order valence-electron chi connectivity index (χ0n) is 10.4. The van der Waals surface area contributed by atoms with Crippen molar-refractivity contribution in [1.29, 1.82) is 0 Å². The molecule has 4 nitrogen and oxygen atoms in total. The molecule has 0 aliphatic carbocycles. The quantitative estimate of drug-likeness (QED) is 0.607. The van der Waals surface area contributed by atoms with E-state index >= 15 is 0 Å². The summed E-state index contributed by atoms with van der Waals surface area (Å²) >= 11 is 1.13. The van der Waals surface area contributed by atoms with Crippen LogP contribution in [0.25, 0.3) is 0 Å². The van der Waals surface area contributed by atoms with Crippen LogP contribution in [0, 0.1) is 0 Å². The maximum atomic E-state index is 12.0. The predicted molar refractivity (Wildman–Crippen MR) is 67.0 cm³/mol. The lowest BCUT2D eigenvalue weighted by atomic mass is 10.1. The van der Waals surface area contributed by atoms with Crippen molar-refractivity contribution in [1.82, 2.24) is 0 Å². The van der Waals surface area contributed by atoms with Gasteiger partial charge in [-0.05, 0) is 19.1 Å². The molecule has 1 fully saturated rings. The first-order valence-corrected chi connectivity index (χ1v) is 6.36. The second-order valence-corrected chi connectivity index (χ2v) is 6.12. The molecule has 5 heteroatoms. The van der Waals surface area contributed by atoms with Gasteiger partial charge < -0.3 is 9.47 Å². The Morgan fingerprint density at radius 3 is 1.94 bits per heavy atom. The molecule has 1 saturated heterocycles. The Kier molecular flexibility index (Phi) is 3.11. The molecule has 1 aromatic carbocycles. The summed E-state index contributed by atoms with van der Waals surface area (Å²) in [7, 11) is 0. The second-order valence-electron chi connectivity index (χ2n) is 4.63. The van der Waals surface area contributed by atoms with E-state index in [1.807, 2.05) is 30.3 Å². The minimum Gasteiger partial charge on any atom is -0.422 e. The first kappa shape index (κ1) is 13.0. The third kappa shape index (κ3) is 2.36. The average molecular weight is 266 g/mol. The highest BCUT2D eigenvalue weighted by atomic mass is 32.2. The van der Waals surface area contributed by atoms with Gasteiger partial charge in [-0.15, -0.1) is 0 Å². The van der Waals surface area contributed by atoms with E-state index in [1.54, 1.807) is 0 Å². The largest absolute Gasteiger partial charge is 0.422 e. The molecule has 1 heterocycles. The van der Waals surface area contributed by atoms with Gasteiger partial charge in [-0.3, -0.25) is 0 Å². The molecule has 0 saturated carbocycles. The highest BCUT2D eigenvalue weighted by molar-refractivity contribution is 8.02. The molecule has 2 rings (SSSR count). The Morgan fingerprint density at radius 2 is 1.44 bits per heavy atom. The van der Waals surface area contributed by atoms with Crippen LogP contribution in [0.3, 0.4) is 0 Å². The van der Waals surface area contributed by atoms with Crippen molar-refractivity contribution in [3.63, 3.8) is 0 Å². The Balaban J connectivity index is 2.25. The number of thioether (sulfide) groups is 1. The Hall–Kier alpha value is -1.49. The summed E-state index contributed by atoms with van der Waals surface area (Å²) in [5, 5.41) is 0. The van der Waals surface area contributed by atoms with Crippen LogP contribution in [0.15, 0.2) is 35.2 Å². The number of esters is 2. The van der Waals surface area contributed by atoms with Gasteiger partial charge in [0.15, 0.2) is 0 Å². The molecule has 0 amide bonds. The van der Waals surface area contributed by atoms with E-state index in [0.717, 1.165) is 16.7 Å². The third-order valence-corrected chi connectivity index (χ3v) is 3.77. The van der Waals surface area contributed by atoms with Gasteiger partial charge in [-0.1, -0.05) is 30.0 Å². The Bertz CT molecular complexity index is 461. The molecule has 0 N–H and O–H groups in total. The Labute approximate surface area is 110 Å². The number of hydrogen-bond acceptors (Lipinski definition) is 5. The zero-order valence-corrected chi connectivity index (χ0v) is 11.2. The number of rotatable bonds is 2. The summed E-state index contributed by atoms with van der Waals surface area (Å²) in [4.78, 5) is 24.8. The summed E-state index contributed by atoms with van der Waals surface area (Å²) in [6.07, 6.45) is 0. The molecule has 1 aromatic rings. The zero-order chi connectivity index (χ0) is 13.4. The van der Waals surface area contributed by atoms with Crippen molar-refractivity contribution >= 4 is 23.7 Å². The van der Waals surface area contributed by atoms with Gasteiger partial charge >= 0.3 is 11.9 Å². The summed E-state index contributed by atoms with van der Waals surface area (Å²) in [5.41, 5.74) is 0. The lowest BCUT2D eigenvalue weighted by molar-refractivity contribution is -0.235. The molecule has 0 radical (unpaired) electrons. The van der Waals surface area contributed by atoms with Gasteiger partial charge in [-0.2, -0.15) is 0 Å². The van der Waals surface area contributed by atoms with Gasteiger partial charge in [0.2, 0.25) is 4.75 Å². The summed E-state index contributed by atoms with van der Waals surface area (Å²) in [6.45, 7) is 4.59. The topological polar surface area (TPSA) is 52.6 Å². The number of cyclic esters (lactones) is 2. The van der Waals surface area contributed by atoms with Gasteiger partial charge in [0.1, 0.15) is 0 Å². The number of benzene rings is 1. The average Bonchev–Trinajstić information content (AvgIpc) is 2.27. The van der Waals surface area contributed by atoms with Crippen LogP contribution in [0.5, 0.6) is 0 Å². The number of carbonyl (C=O) groups is 2. The van der Waals surface area contributed by atoms with Crippen molar-refractivity contribution in [2.75, 3.05) is 0 Å². The van der Waals surface area contributed by atoms with Crippen LogP contribution in [0.1, 0.15) is 20.8 Å². The molecule has 0 spiro atoms. The van der Waals surface area contributed by atoms with Crippen molar-refractivity contribution in [3.05, 3.63) is 30.3 Å². The molecule has 1 aliphatic heterocycles. The molecular formula is C13H14O4S. The molecule has 96 valence electrons. The lowest BCUT2D eigenvalue weighted by Gasteiger charge is -2.37. The number of ether oxygens (including phenoxy) is 2. The second kappa shape index (κ2) is 4.31. The molecule has 18 heavy (non-hydrogen) atoms. The Morgan fingerprint density at radius 1 is 0.944 bits per heavy atom. The van der Waals surface area contributed by atoms with Crippen LogP contribution in [-0.4, -0.2) is 22.5 Å². The van der Waals surface area contributed by atoms with Crippen molar-refractivity contribution in [3.8, 4) is 0 Å². The van der Waals surface area contributed by atoms with Gasteiger partial charge in [0.25, 0.3) is 5.79 Å². The minimum absolute atomic E-state index is 0.572. The molecule has 1 aliphatic rings. The van der Waals surface area contributed by atoms with E-state index < -0.39 is 22.5 Å². The van der Waals surface area contributed by atoms with E-state index in [9.17, 15) is 9.59 Å². The van der Waals surface area contributed by atoms with E-state index in [0.29, 0.717) is 0 Å². The van der Waals surface area contributed by atoms with Crippen LogP contribution >= 0.6 is 11.8 Å². The highest BCUT2D eigenvalue weighted by Gasteiger charge is 2.53. The molecular weight excluding hydrogens is 252 g/mol. The molecule has 0 bridgehead atoms. The SMILES string of the molecule is CC1(C)OC(=O)C(C)(Sc2ccccc2)C(=O)O1. The fourth-order valence-electron chi connectivity index (χ4n) is 1.55. The van der Waals surface area contributed by atoms with Crippen molar-refractivity contribution in [2.24, 2.45) is 0 Å². The first-order chi connectivity index (χ1) is 8.33. The fraction of sp³-hybridized carbons (Fsp3) is 0.385. The van der Waals surface area contributed by atoms with Crippen LogP contribution in [-0.2, 0) is 19.1 Å². The number of carbonyl (C=O) groups excluding carboxylic acids is 2. The van der Waals surface area contributed by atoms with E-state index in [1.165, 1.54) is 20.8 Å². The predicted octanol–water partition coefficient (Wildman–Crippen LogP) is 2.37. The summed E-state index contributed by atoms with van der Waals surface area (Å²) in [6, 6.07) is 9.21. The van der Waals surface area contributed by atoms with Crippen LogP contribution < -0.4 is 0 Å². The number of hydrogen-bond donors (Lipinski definition) is 0. The lowest BCUT2D eigenvalue weighted by Crippen LogP contribution is -2.55. The smallest absolute Gasteiger partial charge is 0.337 e. The van der Waals surface area contributed by atoms with E-state index in [4.69, 9.17) is 9.47 Å². The monoisotopic (exact) mass is 266 g/mol. The summed E-state index contributed by atoms with van der Waals surface area (Å²) < 4.78 is 8.91.